The highest BCUT2D eigenvalue weighted by atomic mass is 15.4. The summed E-state index contributed by atoms with van der Waals surface area (Å²) in [6.45, 7) is 9.99. The second-order valence-corrected chi connectivity index (χ2v) is 8.66. The second-order valence-electron chi connectivity index (χ2n) is 8.66. The zero-order valence-electron chi connectivity index (χ0n) is 16.1. The number of hydrogen-bond acceptors (Lipinski definition) is 3. The average Bonchev–Trinajstić information content (AvgIpc) is 3.05. The molecule has 2 aliphatic rings. The van der Waals surface area contributed by atoms with Crippen molar-refractivity contribution in [1.29, 1.82) is 0 Å². The Morgan fingerprint density at radius 3 is 2.46 bits per heavy atom. The molecule has 0 amide bonds. The van der Waals surface area contributed by atoms with Gasteiger partial charge in [-0.25, -0.2) is 0 Å². The van der Waals surface area contributed by atoms with Crippen LogP contribution < -0.4 is 5.43 Å². The van der Waals surface area contributed by atoms with Crippen molar-refractivity contribution in [3.05, 3.63) is 71.3 Å². The van der Waals surface area contributed by atoms with Gasteiger partial charge in [0, 0.05) is 37.7 Å². The minimum Gasteiger partial charge on any atom is -0.302 e. The summed E-state index contributed by atoms with van der Waals surface area (Å²) in [4.78, 5) is 2.57. The largest absolute Gasteiger partial charge is 0.302 e. The molecule has 2 aromatic carbocycles. The minimum absolute atomic E-state index is 0.195. The third-order valence-corrected chi connectivity index (χ3v) is 5.70. The van der Waals surface area contributed by atoms with Crippen molar-refractivity contribution in [3.63, 3.8) is 0 Å². The van der Waals surface area contributed by atoms with Crippen LogP contribution >= 0.6 is 0 Å². The molecule has 1 N–H and O–H groups in total. The van der Waals surface area contributed by atoms with E-state index in [1.807, 2.05) is 0 Å². The Labute approximate surface area is 157 Å². The zero-order valence-corrected chi connectivity index (χ0v) is 16.1. The van der Waals surface area contributed by atoms with Gasteiger partial charge in [0.2, 0.25) is 0 Å². The summed E-state index contributed by atoms with van der Waals surface area (Å²) in [6, 6.07) is 20.2. The van der Waals surface area contributed by atoms with Gasteiger partial charge < -0.3 is 5.43 Å². The Hall–Kier alpha value is -2.13. The van der Waals surface area contributed by atoms with Gasteiger partial charge in [0.15, 0.2) is 0 Å². The summed E-state index contributed by atoms with van der Waals surface area (Å²) < 4.78 is 0. The van der Waals surface area contributed by atoms with Crippen molar-refractivity contribution in [1.82, 2.24) is 10.3 Å². The maximum absolute atomic E-state index is 4.67. The smallest absolute Gasteiger partial charge is 0.0782 e. The summed E-state index contributed by atoms with van der Waals surface area (Å²) in [6.07, 6.45) is 1.07. The Bertz CT molecular complexity index is 771. The molecule has 2 aromatic rings. The van der Waals surface area contributed by atoms with Crippen LogP contribution in [0.4, 0.5) is 0 Å². The molecule has 0 saturated carbocycles. The molecule has 136 valence electrons. The fourth-order valence-electron chi connectivity index (χ4n) is 4.09. The first-order valence-corrected chi connectivity index (χ1v) is 9.69. The lowest BCUT2D eigenvalue weighted by molar-refractivity contribution is 0.220. The van der Waals surface area contributed by atoms with Crippen LogP contribution in [0.5, 0.6) is 0 Å². The maximum atomic E-state index is 4.67. The van der Waals surface area contributed by atoms with Crippen molar-refractivity contribution < 1.29 is 0 Å². The van der Waals surface area contributed by atoms with Crippen molar-refractivity contribution in [2.24, 2.45) is 11.0 Å². The molecule has 2 unspecified atom stereocenters. The number of likely N-dealkylation sites (tertiary alicyclic amines) is 1. The third kappa shape index (κ3) is 3.54. The Kier molecular flexibility index (Phi) is 4.58. The Morgan fingerprint density at radius 2 is 1.77 bits per heavy atom. The molecule has 3 nitrogen and oxygen atoms in total. The first-order chi connectivity index (χ1) is 12.5. The molecule has 0 aliphatic carbocycles. The Balaban J connectivity index is 1.48. The van der Waals surface area contributed by atoms with Gasteiger partial charge in [-0.15, -0.1) is 0 Å². The van der Waals surface area contributed by atoms with E-state index in [2.05, 4.69) is 90.8 Å². The van der Waals surface area contributed by atoms with E-state index in [1.54, 1.807) is 0 Å². The first kappa shape index (κ1) is 17.3. The summed E-state index contributed by atoms with van der Waals surface area (Å²) in [5.74, 6) is 0.480. The van der Waals surface area contributed by atoms with Gasteiger partial charge in [-0.1, -0.05) is 75.4 Å². The molecule has 2 atom stereocenters. The fraction of sp³-hybridized carbons (Fsp3) is 0.435. The highest BCUT2D eigenvalue weighted by Gasteiger charge is 2.37. The van der Waals surface area contributed by atoms with Crippen molar-refractivity contribution in [2.45, 2.75) is 45.2 Å². The fourth-order valence-corrected chi connectivity index (χ4v) is 4.09. The van der Waals surface area contributed by atoms with Gasteiger partial charge in [-0.3, -0.25) is 4.90 Å². The first-order valence-electron chi connectivity index (χ1n) is 9.69. The predicted molar refractivity (Wildman–Crippen MR) is 108 cm³/mol. The number of hydrogen-bond donors (Lipinski definition) is 1. The normalized spacial score (nSPS) is 23.3. The molecule has 1 saturated heterocycles. The van der Waals surface area contributed by atoms with E-state index in [4.69, 9.17) is 0 Å². The van der Waals surface area contributed by atoms with Crippen LogP contribution in [-0.2, 0) is 12.0 Å². The van der Waals surface area contributed by atoms with Gasteiger partial charge in [0.05, 0.1) is 6.04 Å². The van der Waals surface area contributed by atoms with E-state index in [-0.39, 0.29) is 5.41 Å². The van der Waals surface area contributed by atoms with E-state index in [0.717, 1.165) is 26.1 Å². The van der Waals surface area contributed by atoms with Crippen molar-refractivity contribution in [2.75, 3.05) is 13.1 Å². The summed E-state index contributed by atoms with van der Waals surface area (Å²) >= 11 is 0. The van der Waals surface area contributed by atoms with Crippen LogP contribution in [0.2, 0.25) is 0 Å². The van der Waals surface area contributed by atoms with Crippen LogP contribution in [-0.4, -0.2) is 23.7 Å². The minimum atomic E-state index is 0.195. The topological polar surface area (TPSA) is 27.6 Å². The summed E-state index contributed by atoms with van der Waals surface area (Å²) in [7, 11) is 0. The molecule has 2 heterocycles. The quantitative estimate of drug-likeness (QED) is 0.885. The summed E-state index contributed by atoms with van der Waals surface area (Å²) in [5.41, 5.74) is 9.09. The van der Waals surface area contributed by atoms with Gasteiger partial charge in [-0.2, -0.15) is 5.10 Å². The van der Waals surface area contributed by atoms with Gasteiger partial charge in [-0.05, 0) is 22.1 Å². The molecule has 0 bridgehead atoms. The molecule has 1 fully saturated rings. The number of nitrogens with zero attached hydrogens (tertiary/aromatic N) is 2. The highest BCUT2D eigenvalue weighted by molar-refractivity contribution is 5.89. The van der Waals surface area contributed by atoms with Crippen molar-refractivity contribution >= 4 is 5.71 Å². The van der Waals surface area contributed by atoms with E-state index >= 15 is 0 Å². The zero-order chi connectivity index (χ0) is 18.1. The Morgan fingerprint density at radius 1 is 1.04 bits per heavy atom. The third-order valence-electron chi connectivity index (χ3n) is 5.70. The van der Waals surface area contributed by atoms with Gasteiger partial charge >= 0.3 is 0 Å². The molecular formula is C23H29N3. The highest BCUT2D eigenvalue weighted by Crippen LogP contribution is 2.34. The molecule has 4 rings (SSSR count). The maximum Gasteiger partial charge on any atom is 0.0782 e. The number of piperidine rings is 1. The number of benzene rings is 2. The number of rotatable bonds is 3. The molecular weight excluding hydrogens is 318 g/mol. The lowest BCUT2D eigenvalue weighted by Gasteiger charge is -2.33. The van der Waals surface area contributed by atoms with Gasteiger partial charge in [0.25, 0.3) is 0 Å². The standard InChI is InChI=1S/C23H29N3/c1-23(2,3)19-11-9-18(10-12-19)22-20-16-26(14-13-21(20)24-25-22)15-17-7-5-4-6-8-17/h4-12,20,22,25H,13-16H2,1-3H3. The molecule has 0 radical (unpaired) electrons. The SMILES string of the molecule is CC(C)(C)c1ccc(C2NN=C3CCN(Cc4ccccc4)CC32)cc1. The lowest BCUT2D eigenvalue weighted by atomic mass is 9.83. The molecule has 26 heavy (non-hydrogen) atoms. The summed E-state index contributed by atoms with van der Waals surface area (Å²) in [5, 5.41) is 4.67. The molecule has 0 spiro atoms. The van der Waals surface area contributed by atoms with Crippen LogP contribution in [0.15, 0.2) is 59.7 Å². The predicted octanol–water partition coefficient (Wildman–Crippen LogP) is 4.51. The van der Waals surface area contributed by atoms with E-state index in [9.17, 15) is 0 Å². The monoisotopic (exact) mass is 347 g/mol. The molecule has 3 heteroatoms. The van der Waals surface area contributed by atoms with E-state index < -0.39 is 0 Å². The average molecular weight is 348 g/mol. The number of hydrazone groups is 1. The number of nitrogens with one attached hydrogen (secondary N) is 1. The van der Waals surface area contributed by atoms with Crippen LogP contribution in [0.25, 0.3) is 0 Å². The second kappa shape index (κ2) is 6.88. The van der Waals surface area contributed by atoms with Crippen LogP contribution in [0.3, 0.4) is 0 Å². The van der Waals surface area contributed by atoms with Crippen LogP contribution in [0.1, 0.15) is 49.9 Å². The van der Waals surface area contributed by atoms with Crippen LogP contribution in [0, 0.1) is 5.92 Å². The molecule has 0 aromatic heterocycles. The van der Waals surface area contributed by atoms with Gasteiger partial charge in [0.1, 0.15) is 0 Å². The number of fused-ring (bicyclic) bond motifs is 1. The van der Waals surface area contributed by atoms with E-state index in [1.165, 1.54) is 22.4 Å². The van der Waals surface area contributed by atoms with Crippen molar-refractivity contribution in [3.8, 4) is 0 Å². The lowest BCUT2D eigenvalue weighted by Crippen LogP contribution is -2.41. The molecule has 2 aliphatic heterocycles. The van der Waals surface area contributed by atoms with E-state index in [0.29, 0.717) is 12.0 Å².